The van der Waals surface area contributed by atoms with Crippen molar-refractivity contribution in [2.45, 2.75) is 17.9 Å². The van der Waals surface area contributed by atoms with E-state index in [2.05, 4.69) is 4.98 Å². The van der Waals surface area contributed by atoms with Crippen molar-refractivity contribution in [3.8, 4) is 0 Å². The molecule has 4 nitrogen and oxygen atoms in total. The van der Waals surface area contributed by atoms with Crippen molar-refractivity contribution in [3.05, 3.63) is 59.4 Å². The first kappa shape index (κ1) is 13.7. The van der Waals surface area contributed by atoms with Gasteiger partial charge in [-0.2, -0.15) is 0 Å². The average molecular weight is 277 g/mol. The van der Waals surface area contributed by atoms with Gasteiger partial charge in [0.2, 0.25) is 0 Å². The van der Waals surface area contributed by atoms with Gasteiger partial charge in [0.1, 0.15) is 6.10 Å². The monoisotopic (exact) mass is 277 g/mol. The number of sulfone groups is 1. The second-order valence-corrected chi connectivity index (χ2v) is 6.49. The first-order valence-corrected chi connectivity index (χ1v) is 7.67. The van der Waals surface area contributed by atoms with Gasteiger partial charge >= 0.3 is 0 Å². The van der Waals surface area contributed by atoms with Crippen LogP contribution in [0.15, 0.2) is 47.6 Å². The number of aromatic nitrogens is 1. The number of pyridine rings is 1. The largest absolute Gasteiger partial charge is 0.384 e. The maximum Gasteiger partial charge on any atom is 0.175 e. The molecule has 0 aliphatic carbocycles. The van der Waals surface area contributed by atoms with E-state index in [4.69, 9.17) is 0 Å². The van der Waals surface area contributed by atoms with E-state index in [0.717, 1.165) is 17.4 Å². The van der Waals surface area contributed by atoms with Crippen molar-refractivity contribution in [2.24, 2.45) is 0 Å². The third-order valence-corrected chi connectivity index (χ3v) is 4.13. The summed E-state index contributed by atoms with van der Waals surface area (Å²) in [6, 6.07) is 8.06. The number of rotatable bonds is 3. The molecule has 0 bridgehead atoms. The van der Waals surface area contributed by atoms with Crippen LogP contribution in [0.2, 0.25) is 0 Å². The molecule has 0 radical (unpaired) electrons. The van der Waals surface area contributed by atoms with Crippen molar-refractivity contribution in [3.63, 3.8) is 0 Å². The highest BCUT2D eigenvalue weighted by Crippen LogP contribution is 2.24. The normalized spacial score (nSPS) is 13.2. The second-order valence-electron chi connectivity index (χ2n) is 4.48. The molecule has 2 aromatic rings. The number of aliphatic hydroxyl groups excluding tert-OH is 1. The third-order valence-electron chi connectivity index (χ3n) is 3.00. The Hall–Kier alpha value is -1.72. The van der Waals surface area contributed by atoms with Crippen LogP contribution in [-0.2, 0) is 9.84 Å². The zero-order chi connectivity index (χ0) is 14.0. The molecule has 0 aliphatic rings. The van der Waals surface area contributed by atoms with E-state index in [1.54, 1.807) is 24.5 Å². The van der Waals surface area contributed by atoms with Crippen LogP contribution in [0.4, 0.5) is 0 Å². The quantitative estimate of drug-likeness (QED) is 0.930. The number of aliphatic hydroxyl groups is 1. The minimum absolute atomic E-state index is 0.242. The summed E-state index contributed by atoms with van der Waals surface area (Å²) >= 11 is 0. The molecule has 0 aliphatic heterocycles. The first-order valence-electron chi connectivity index (χ1n) is 5.78. The Kier molecular flexibility index (Phi) is 3.68. The van der Waals surface area contributed by atoms with Crippen LogP contribution in [-0.4, -0.2) is 24.8 Å². The van der Waals surface area contributed by atoms with E-state index in [1.165, 1.54) is 12.1 Å². The van der Waals surface area contributed by atoms with Gasteiger partial charge in [0.15, 0.2) is 9.84 Å². The lowest BCUT2D eigenvalue weighted by molar-refractivity contribution is 0.219. The third kappa shape index (κ3) is 3.00. The molecule has 0 saturated heterocycles. The predicted octanol–water partition coefficient (Wildman–Crippen LogP) is 1.88. The standard InChI is InChI=1S/C14H15NO3S/c1-10-7-8-15-9-13(10)14(16)11-3-5-12(6-4-11)19(2,17)18/h3-9,14,16H,1-2H3. The molecule has 1 N–H and O–H groups in total. The van der Waals surface area contributed by atoms with Gasteiger partial charge < -0.3 is 5.11 Å². The van der Waals surface area contributed by atoms with E-state index in [9.17, 15) is 13.5 Å². The highest BCUT2D eigenvalue weighted by Gasteiger charge is 2.14. The van der Waals surface area contributed by atoms with Gasteiger partial charge in [0.05, 0.1) is 4.90 Å². The molecule has 1 aromatic heterocycles. The summed E-state index contributed by atoms with van der Waals surface area (Å²) in [5.41, 5.74) is 2.30. The molecule has 1 unspecified atom stereocenters. The first-order chi connectivity index (χ1) is 8.89. The zero-order valence-electron chi connectivity index (χ0n) is 10.7. The van der Waals surface area contributed by atoms with Crippen molar-refractivity contribution in [1.82, 2.24) is 4.98 Å². The number of benzene rings is 1. The molecule has 0 fully saturated rings. The lowest BCUT2D eigenvalue weighted by Crippen LogP contribution is -2.03. The van der Waals surface area contributed by atoms with Crippen LogP contribution in [0, 0.1) is 6.92 Å². The van der Waals surface area contributed by atoms with Gasteiger partial charge in [-0.3, -0.25) is 4.98 Å². The fraction of sp³-hybridized carbons (Fsp3) is 0.214. The van der Waals surface area contributed by atoms with Gasteiger partial charge in [-0.15, -0.1) is 0 Å². The summed E-state index contributed by atoms with van der Waals surface area (Å²) in [7, 11) is -3.21. The lowest BCUT2D eigenvalue weighted by atomic mass is 10.00. The maximum absolute atomic E-state index is 11.4. The summed E-state index contributed by atoms with van der Waals surface area (Å²) in [5, 5.41) is 10.3. The number of hydrogen-bond acceptors (Lipinski definition) is 4. The number of nitrogens with zero attached hydrogens (tertiary/aromatic N) is 1. The Morgan fingerprint density at radius 1 is 1.16 bits per heavy atom. The molecule has 19 heavy (non-hydrogen) atoms. The predicted molar refractivity (Wildman–Crippen MR) is 72.6 cm³/mol. The summed E-state index contributed by atoms with van der Waals surface area (Å²) in [5.74, 6) is 0. The SMILES string of the molecule is Cc1ccncc1C(O)c1ccc(S(C)(=O)=O)cc1. The average Bonchev–Trinajstić information content (AvgIpc) is 2.38. The smallest absolute Gasteiger partial charge is 0.175 e. The molecule has 1 heterocycles. The topological polar surface area (TPSA) is 67.3 Å². The van der Waals surface area contributed by atoms with Crippen LogP contribution >= 0.6 is 0 Å². The van der Waals surface area contributed by atoms with E-state index < -0.39 is 15.9 Å². The van der Waals surface area contributed by atoms with Gasteiger partial charge in [0, 0.05) is 24.2 Å². The molecule has 0 spiro atoms. The highest BCUT2D eigenvalue weighted by molar-refractivity contribution is 7.90. The van der Waals surface area contributed by atoms with E-state index in [0.29, 0.717) is 5.56 Å². The van der Waals surface area contributed by atoms with Crippen LogP contribution < -0.4 is 0 Å². The fourth-order valence-electron chi connectivity index (χ4n) is 1.84. The Bertz CT molecular complexity index is 678. The molecule has 0 saturated carbocycles. The van der Waals surface area contributed by atoms with Crippen molar-refractivity contribution < 1.29 is 13.5 Å². The summed E-state index contributed by atoms with van der Waals surface area (Å²) < 4.78 is 22.7. The fourth-order valence-corrected chi connectivity index (χ4v) is 2.47. The van der Waals surface area contributed by atoms with Crippen molar-refractivity contribution in [1.29, 1.82) is 0 Å². The second kappa shape index (κ2) is 5.11. The molecule has 2 rings (SSSR count). The molecular formula is C14H15NO3S. The molecule has 1 aromatic carbocycles. The minimum Gasteiger partial charge on any atom is -0.384 e. The van der Waals surface area contributed by atoms with Crippen LogP contribution in [0.3, 0.4) is 0 Å². The van der Waals surface area contributed by atoms with Crippen molar-refractivity contribution >= 4 is 9.84 Å². The molecule has 1 atom stereocenters. The van der Waals surface area contributed by atoms with Gasteiger partial charge in [-0.1, -0.05) is 12.1 Å². The summed E-state index contributed by atoms with van der Waals surface area (Å²) in [4.78, 5) is 4.24. The Morgan fingerprint density at radius 2 is 1.79 bits per heavy atom. The number of hydrogen-bond donors (Lipinski definition) is 1. The Balaban J connectivity index is 2.36. The Morgan fingerprint density at radius 3 is 2.32 bits per heavy atom. The minimum atomic E-state index is -3.21. The van der Waals surface area contributed by atoms with Crippen molar-refractivity contribution in [2.75, 3.05) is 6.26 Å². The van der Waals surface area contributed by atoms with Crippen LogP contribution in [0.5, 0.6) is 0 Å². The van der Waals surface area contributed by atoms with E-state index in [-0.39, 0.29) is 4.90 Å². The lowest BCUT2D eigenvalue weighted by Gasteiger charge is -2.13. The van der Waals surface area contributed by atoms with E-state index in [1.807, 2.05) is 13.0 Å². The number of aryl methyl sites for hydroxylation is 1. The zero-order valence-corrected chi connectivity index (χ0v) is 11.6. The van der Waals surface area contributed by atoms with E-state index >= 15 is 0 Å². The molecule has 0 amide bonds. The van der Waals surface area contributed by atoms with Gasteiger partial charge in [-0.05, 0) is 36.2 Å². The maximum atomic E-state index is 11.4. The van der Waals surface area contributed by atoms with Crippen LogP contribution in [0.25, 0.3) is 0 Å². The summed E-state index contributed by atoms with van der Waals surface area (Å²) in [6.07, 6.45) is 3.63. The van der Waals surface area contributed by atoms with Crippen LogP contribution in [0.1, 0.15) is 22.8 Å². The Labute approximate surface area is 112 Å². The molecular weight excluding hydrogens is 262 g/mol. The molecule has 5 heteroatoms. The molecule has 100 valence electrons. The van der Waals surface area contributed by atoms with Gasteiger partial charge in [0.25, 0.3) is 0 Å². The highest BCUT2D eigenvalue weighted by atomic mass is 32.2. The summed E-state index contributed by atoms with van der Waals surface area (Å²) in [6.45, 7) is 1.89. The van der Waals surface area contributed by atoms with Gasteiger partial charge in [-0.25, -0.2) is 8.42 Å².